The monoisotopic (exact) mass is 488 g/mol. The lowest BCUT2D eigenvalue weighted by Gasteiger charge is -2.31. The van der Waals surface area contributed by atoms with Gasteiger partial charge >= 0.3 is 5.97 Å². The largest absolute Gasteiger partial charge is 0.494 e. The minimum atomic E-state index is -1.81. The maximum atomic E-state index is 14.9. The average molecular weight is 489 g/mol. The van der Waals surface area contributed by atoms with Gasteiger partial charge in [-0.2, -0.15) is 0 Å². The van der Waals surface area contributed by atoms with E-state index in [2.05, 4.69) is 5.32 Å². The van der Waals surface area contributed by atoms with Gasteiger partial charge in [0, 0.05) is 18.0 Å². The summed E-state index contributed by atoms with van der Waals surface area (Å²) in [5.74, 6) is -4.79. The molecule has 3 aromatic rings. The number of ether oxygens (including phenoxy) is 1. The van der Waals surface area contributed by atoms with E-state index in [1.807, 2.05) is 13.0 Å². The second kappa shape index (κ2) is 9.20. The van der Waals surface area contributed by atoms with Crippen LogP contribution >= 0.6 is 0 Å². The zero-order valence-electron chi connectivity index (χ0n) is 19.6. The molecule has 2 amide bonds. The van der Waals surface area contributed by atoms with Crippen molar-refractivity contribution in [3.05, 3.63) is 95.8 Å². The van der Waals surface area contributed by atoms with Crippen LogP contribution in [0.15, 0.2) is 78.9 Å². The van der Waals surface area contributed by atoms with E-state index in [0.717, 1.165) is 4.90 Å². The van der Waals surface area contributed by atoms with Crippen molar-refractivity contribution in [3.8, 4) is 5.75 Å². The van der Waals surface area contributed by atoms with Crippen LogP contribution in [0.5, 0.6) is 5.75 Å². The van der Waals surface area contributed by atoms with E-state index in [-0.39, 0.29) is 12.0 Å². The lowest BCUT2D eigenvalue weighted by Crippen LogP contribution is -2.57. The highest BCUT2D eigenvalue weighted by molar-refractivity contribution is 6.24. The van der Waals surface area contributed by atoms with Gasteiger partial charge in [0.05, 0.1) is 24.1 Å². The minimum absolute atomic E-state index is 0.0502. The molecule has 3 aromatic carbocycles. The van der Waals surface area contributed by atoms with Crippen molar-refractivity contribution in [1.29, 1.82) is 0 Å². The van der Waals surface area contributed by atoms with Crippen LogP contribution in [-0.2, 0) is 20.8 Å². The van der Waals surface area contributed by atoms with Gasteiger partial charge in [-0.25, -0.2) is 9.29 Å². The molecule has 0 bridgehead atoms. The van der Waals surface area contributed by atoms with Gasteiger partial charge in [0.2, 0.25) is 11.8 Å². The van der Waals surface area contributed by atoms with Gasteiger partial charge in [0.15, 0.2) is 0 Å². The first kappa shape index (κ1) is 23.7. The Hall–Kier alpha value is -4.04. The Labute approximate surface area is 207 Å². The van der Waals surface area contributed by atoms with Crippen molar-refractivity contribution in [2.24, 2.45) is 11.8 Å². The van der Waals surface area contributed by atoms with Gasteiger partial charge < -0.3 is 9.84 Å². The number of benzene rings is 3. The van der Waals surface area contributed by atoms with Crippen molar-refractivity contribution < 1.29 is 28.6 Å². The standard InChI is InChI=1S/C28H25FN2O5/c1-2-36-19-14-12-18(13-15-19)31-25(32)22-23(26(31)33)28(27(34)35,16-17-8-4-3-5-9-17)30-24(22)20-10-6-7-11-21(20)29/h3-15,22-24,30H,2,16H2,1H3,(H,34,35)/t22-,23-,24-,28-/m0/s1. The Morgan fingerprint density at radius 2 is 1.67 bits per heavy atom. The number of rotatable bonds is 7. The molecule has 36 heavy (non-hydrogen) atoms. The molecule has 2 aliphatic heterocycles. The molecule has 2 aliphatic rings. The Morgan fingerprint density at radius 3 is 2.31 bits per heavy atom. The third-order valence-electron chi connectivity index (χ3n) is 7.01. The SMILES string of the molecule is CCOc1ccc(N2C(=O)[C@H]3[C@@H](C2=O)[C@@](Cc2ccccc2)(C(=O)O)N[C@H]3c2ccccc2F)cc1. The molecule has 4 atom stereocenters. The molecule has 2 saturated heterocycles. The Kier molecular flexibility index (Phi) is 6.05. The van der Waals surface area contributed by atoms with E-state index in [9.17, 15) is 23.9 Å². The fourth-order valence-electron chi connectivity index (χ4n) is 5.46. The van der Waals surface area contributed by atoms with Crippen molar-refractivity contribution in [1.82, 2.24) is 5.32 Å². The number of hydrogen-bond acceptors (Lipinski definition) is 5. The third-order valence-corrected chi connectivity index (χ3v) is 7.01. The molecule has 184 valence electrons. The molecule has 0 spiro atoms. The fourth-order valence-corrected chi connectivity index (χ4v) is 5.46. The number of hydrogen-bond donors (Lipinski definition) is 2. The third kappa shape index (κ3) is 3.74. The smallest absolute Gasteiger partial charge is 0.325 e. The molecule has 7 nitrogen and oxygen atoms in total. The predicted octanol–water partition coefficient (Wildman–Crippen LogP) is 3.74. The van der Waals surface area contributed by atoms with Crippen molar-refractivity contribution >= 4 is 23.5 Å². The van der Waals surface area contributed by atoms with E-state index >= 15 is 0 Å². The van der Waals surface area contributed by atoms with Crippen LogP contribution in [0, 0.1) is 17.7 Å². The summed E-state index contributed by atoms with van der Waals surface area (Å²) in [5.41, 5.74) is -0.668. The maximum absolute atomic E-state index is 14.9. The van der Waals surface area contributed by atoms with Crippen LogP contribution in [0.2, 0.25) is 0 Å². The second-order valence-corrected chi connectivity index (χ2v) is 9.02. The van der Waals surface area contributed by atoms with Crippen LogP contribution in [0.3, 0.4) is 0 Å². The van der Waals surface area contributed by atoms with Crippen molar-refractivity contribution in [2.45, 2.75) is 24.9 Å². The first-order valence-corrected chi connectivity index (χ1v) is 11.8. The van der Waals surface area contributed by atoms with Crippen LogP contribution in [0.25, 0.3) is 0 Å². The number of aliphatic carboxylic acids is 1. The van der Waals surface area contributed by atoms with Crippen molar-refractivity contribution in [2.75, 3.05) is 11.5 Å². The summed E-state index contributed by atoms with van der Waals surface area (Å²) in [5, 5.41) is 13.6. The average Bonchev–Trinajstić information content (AvgIpc) is 3.35. The molecular formula is C28H25FN2O5. The summed E-state index contributed by atoms with van der Waals surface area (Å²) in [4.78, 5) is 41.6. The van der Waals surface area contributed by atoms with Crippen LogP contribution in [0.4, 0.5) is 10.1 Å². The number of carboxylic acid groups (broad SMARTS) is 1. The fraction of sp³-hybridized carbons (Fsp3) is 0.250. The highest BCUT2D eigenvalue weighted by atomic mass is 19.1. The van der Waals surface area contributed by atoms with Gasteiger partial charge in [-0.05, 0) is 42.8 Å². The van der Waals surface area contributed by atoms with Gasteiger partial charge in [0.1, 0.15) is 17.1 Å². The lowest BCUT2D eigenvalue weighted by molar-refractivity contribution is -0.148. The Bertz CT molecular complexity index is 1310. The Morgan fingerprint density at radius 1 is 1.00 bits per heavy atom. The molecule has 8 heteroatoms. The quantitative estimate of drug-likeness (QED) is 0.492. The van der Waals surface area contributed by atoms with Gasteiger partial charge in [-0.3, -0.25) is 19.7 Å². The first-order valence-electron chi connectivity index (χ1n) is 11.8. The molecular weight excluding hydrogens is 463 g/mol. The Balaban J connectivity index is 1.63. The lowest BCUT2D eigenvalue weighted by atomic mass is 9.76. The molecule has 0 aromatic heterocycles. The second-order valence-electron chi connectivity index (χ2n) is 9.02. The molecule has 0 aliphatic carbocycles. The number of nitrogens with zero attached hydrogens (tertiary/aromatic N) is 1. The number of nitrogens with one attached hydrogen (secondary N) is 1. The number of carboxylic acids is 1. The van der Waals surface area contributed by atoms with E-state index < -0.39 is 47.0 Å². The topological polar surface area (TPSA) is 95.9 Å². The van der Waals surface area contributed by atoms with Crippen molar-refractivity contribution in [3.63, 3.8) is 0 Å². The summed E-state index contributed by atoms with van der Waals surface area (Å²) in [6, 6.07) is 20.3. The molecule has 5 rings (SSSR count). The molecule has 0 unspecified atom stereocenters. The summed E-state index contributed by atoms with van der Waals surface area (Å²) in [6.45, 7) is 2.30. The van der Waals surface area contributed by atoms with Gasteiger partial charge in [0.25, 0.3) is 0 Å². The number of fused-ring (bicyclic) bond motifs is 1. The molecule has 0 saturated carbocycles. The van der Waals surface area contributed by atoms with Crippen LogP contribution in [-0.4, -0.2) is 35.0 Å². The molecule has 2 N–H and O–H groups in total. The summed E-state index contributed by atoms with van der Waals surface area (Å²) in [7, 11) is 0. The summed E-state index contributed by atoms with van der Waals surface area (Å²) >= 11 is 0. The van der Waals surface area contributed by atoms with E-state index in [1.54, 1.807) is 54.6 Å². The van der Waals surface area contributed by atoms with Crippen LogP contribution in [0.1, 0.15) is 24.1 Å². The highest BCUT2D eigenvalue weighted by Gasteiger charge is 2.68. The van der Waals surface area contributed by atoms with E-state index in [4.69, 9.17) is 4.74 Å². The molecule has 2 fully saturated rings. The number of halogens is 1. The molecule has 2 heterocycles. The minimum Gasteiger partial charge on any atom is -0.494 e. The number of imide groups is 1. The first-order chi connectivity index (χ1) is 17.4. The normalized spacial score (nSPS) is 25.2. The van der Waals surface area contributed by atoms with Crippen LogP contribution < -0.4 is 15.0 Å². The van der Waals surface area contributed by atoms with Gasteiger partial charge in [-0.1, -0.05) is 48.5 Å². The maximum Gasteiger partial charge on any atom is 0.325 e. The summed E-state index contributed by atoms with van der Waals surface area (Å²) < 4.78 is 20.4. The van der Waals surface area contributed by atoms with Gasteiger partial charge in [-0.15, -0.1) is 0 Å². The predicted molar refractivity (Wildman–Crippen MR) is 130 cm³/mol. The zero-order valence-corrected chi connectivity index (χ0v) is 19.6. The molecule has 0 radical (unpaired) electrons. The number of carbonyl (C=O) groups excluding carboxylic acids is 2. The zero-order chi connectivity index (χ0) is 25.4. The van der Waals surface area contributed by atoms with E-state index in [1.165, 1.54) is 18.2 Å². The highest BCUT2D eigenvalue weighted by Crippen LogP contribution is 2.51. The number of carbonyl (C=O) groups is 3. The number of amides is 2. The number of anilines is 1. The summed E-state index contributed by atoms with van der Waals surface area (Å²) in [6.07, 6.45) is -0.0502. The van der Waals surface area contributed by atoms with E-state index in [0.29, 0.717) is 23.6 Å².